The van der Waals surface area contributed by atoms with E-state index < -0.39 is 0 Å². The van der Waals surface area contributed by atoms with Gasteiger partial charge in [-0.2, -0.15) is 0 Å². The molecule has 4 nitrogen and oxygen atoms in total. The molecule has 0 bridgehead atoms. The predicted octanol–water partition coefficient (Wildman–Crippen LogP) is 5.90. The average molecular weight is 352 g/mol. The second-order valence-corrected chi connectivity index (χ2v) is 7.19. The molecule has 0 aliphatic rings. The third kappa shape index (κ3) is 2.79. The molecule has 0 aliphatic carbocycles. The summed E-state index contributed by atoms with van der Waals surface area (Å²) in [5.41, 5.74) is 7.48. The van der Waals surface area contributed by atoms with Gasteiger partial charge in [0.25, 0.3) is 0 Å². The Hall–Kier alpha value is -3.40. The number of hydrogen-bond donors (Lipinski definition) is 2. The number of rotatable bonds is 3. The van der Waals surface area contributed by atoms with E-state index in [9.17, 15) is 0 Å². The molecule has 2 N–H and O–H groups in total. The Morgan fingerprint density at radius 2 is 1.30 bits per heavy atom. The van der Waals surface area contributed by atoms with E-state index in [0.717, 1.165) is 50.4 Å². The summed E-state index contributed by atoms with van der Waals surface area (Å²) in [4.78, 5) is 16.3. The Balaban J connectivity index is 1.57. The number of nitrogens with zero attached hydrogens (tertiary/aromatic N) is 2. The minimum absolute atomic E-state index is 0.387. The lowest BCUT2D eigenvalue weighted by Gasteiger charge is -2.01. The summed E-state index contributed by atoms with van der Waals surface area (Å²) in [7, 11) is 0. The molecule has 0 fully saturated rings. The Bertz CT molecular complexity index is 1250. The van der Waals surface area contributed by atoms with Crippen LogP contribution in [0.25, 0.3) is 44.6 Å². The van der Waals surface area contributed by atoms with Crippen LogP contribution in [0.4, 0.5) is 0 Å². The molecule has 4 heteroatoms. The van der Waals surface area contributed by atoms with Gasteiger partial charge in [-0.3, -0.25) is 0 Å². The molecule has 0 amide bonds. The average Bonchev–Trinajstić information content (AvgIpc) is 3.31. The van der Waals surface area contributed by atoms with Crippen molar-refractivity contribution in [1.82, 2.24) is 19.9 Å². The number of benzene rings is 3. The van der Waals surface area contributed by atoms with Gasteiger partial charge in [0, 0.05) is 11.5 Å². The van der Waals surface area contributed by atoms with Crippen molar-refractivity contribution < 1.29 is 0 Å². The van der Waals surface area contributed by atoms with Crippen molar-refractivity contribution >= 4 is 22.1 Å². The summed E-state index contributed by atoms with van der Waals surface area (Å²) in [6.45, 7) is 4.29. The molecule has 5 rings (SSSR count). The quantitative estimate of drug-likeness (QED) is 0.425. The molecule has 2 heterocycles. The van der Waals surface area contributed by atoms with Crippen LogP contribution >= 0.6 is 0 Å². The van der Waals surface area contributed by atoms with Crippen LogP contribution in [0.1, 0.15) is 25.6 Å². The Morgan fingerprint density at radius 3 is 1.96 bits per heavy atom. The van der Waals surface area contributed by atoms with Gasteiger partial charge in [-0.1, -0.05) is 56.3 Å². The van der Waals surface area contributed by atoms with E-state index in [1.54, 1.807) is 0 Å². The first-order valence-corrected chi connectivity index (χ1v) is 9.22. The first kappa shape index (κ1) is 15.8. The van der Waals surface area contributed by atoms with E-state index in [1.807, 2.05) is 18.2 Å². The standard InChI is InChI=1S/C23H20N4/c1-14(2)22-24-18-10-8-16(12-20(18)26-22)17-9-11-19-21(13-17)27-23(25-19)15-6-4-3-5-7-15/h3-14H,1-2H3,(H,24,26)(H,25,27). The summed E-state index contributed by atoms with van der Waals surface area (Å²) in [5.74, 6) is 2.31. The highest BCUT2D eigenvalue weighted by molar-refractivity contribution is 5.87. The molecule has 132 valence electrons. The zero-order chi connectivity index (χ0) is 18.4. The maximum atomic E-state index is 4.78. The fraction of sp³-hybridized carbons (Fsp3) is 0.130. The van der Waals surface area contributed by atoms with Gasteiger partial charge >= 0.3 is 0 Å². The number of fused-ring (bicyclic) bond motifs is 2. The van der Waals surface area contributed by atoms with Crippen molar-refractivity contribution in [3.8, 4) is 22.5 Å². The number of nitrogens with one attached hydrogen (secondary N) is 2. The van der Waals surface area contributed by atoms with Crippen molar-refractivity contribution in [2.75, 3.05) is 0 Å². The topological polar surface area (TPSA) is 57.4 Å². The van der Waals surface area contributed by atoms with Crippen molar-refractivity contribution in [2.45, 2.75) is 19.8 Å². The van der Waals surface area contributed by atoms with Crippen LogP contribution in [0.2, 0.25) is 0 Å². The third-order valence-corrected chi connectivity index (χ3v) is 4.91. The Labute approximate surface area is 157 Å². The summed E-state index contributed by atoms with van der Waals surface area (Å²) < 4.78 is 0. The lowest BCUT2D eigenvalue weighted by atomic mass is 10.0. The Morgan fingerprint density at radius 1 is 0.667 bits per heavy atom. The van der Waals surface area contributed by atoms with Crippen molar-refractivity contribution in [3.63, 3.8) is 0 Å². The summed E-state index contributed by atoms with van der Waals surface area (Å²) in [5, 5.41) is 0. The monoisotopic (exact) mass is 352 g/mol. The molecule has 0 spiro atoms. The van der Waals surface area contributed by atoms with Gasteiger partial charge in [0.2, 0.25) is 0 Å². The summed E-state index contributed by atoms with van der Waals surface area (Å²) >= 11 is 0. The zero-order valence-corrected chi connectivity index (χ0v) is 15.3. The minimum Gasteiger partial charge on any atom is -0.342 e. The highest BCUT2D eigenvalue weighted by Gasteiger charge is 2.10. The number of aromatic amines is 2. The second-order valence-electron chi connectivity index (χ2n) is 7.19. The van der Waals surface area contributed by atoms with Gasteiger partial charge in [-0.25, -0.2) is 9.97 Å². The maximum absolute atomic E-state index is 4.78. The fourth-order valence-electron chi connectivity index (χ4n) is 3.40. The van der Waals surface area contributed by atoms with Crippen LogP contribution in [0.15, 0.2) is 66.7 Å². The highest BCUT2D eigenvalue weighted by Crippen LogP contribution is 2.28. The van der Waals surface area contributed by atoms with Gasteiger partial charge in [0.15, 0.2) is 0 Å². The molecule has 0 saturated heterocycles. The van der Waals surface area contributed by atoms with Crippen LogP contribution in [0.3, 0.4) is 0 Å². The van der Waals surface area contributed by atoms with Crippen LogP contribution in [-0.2, 0) is 0 Å². The molecule has 0 atom stereocenters. The van der Waals surface area contributed by atoms with E-state index >= 15 is 0 Å². The lowest BCUT2D eigenvalue weighted by Crippen LogP contribution is -1.88. The smallest absolute Gasteiger partial charge is 0.138 e. The first-order chi connectivity index (χ1) is 13.2. The molecule has 0 aliphatic heterocycles. The summed E-state index contributed by atoms with van der Waals surface area (Å²) in [6.07, 6.45) is 0. The predicted molar refractivity (Wildman–Crippen MR) is 111 cm³/mol. The largest absolute Gasteiger partial charge is 0.342 e. The molecular weight excluding hydrogens is 332 g/mol. The SMILES string of the molecule is CC(C)c1nc2cc(-c3ccc4[nH]c(-c5ccccc5)nc4c3)ccc2[nH]1. The number of hydrogen-bond acceptors (Lipinski definition) is 2. The molecule has 0 unspecified atom stereocenters. The number of H-pyrrole nitrogens is 2. The van der Waals surface area contributed by atoms with Crippen molar-refractivity contribution in [2.24, 2.45) is 0 Å². The van der Waals surface area contributed by atoms with Crippen LogP contribution in [0, 0.1) is 0 Å². The fourth-order valence-corrected chi connectivity index (χ4v) is 3.40. The molecule has 3 aromatic carbocycles. The zero-order valence-electron chi connectivity index (χ0n) is 15.3. The number of aromatic nitrogens is 4. The molecule has 2 aromatic heterocycles. The summed E-state index contributed by atoms with van der Waals surface area (Å²) in [6, 6.07) is 22.9. The molecule has 27 heavy (non-hydrogen) atoms. The van der Waals surface area contributed by atoms with Gasteiger partial charge in [-0.05, 0) is 35.4 Å². The van der Waals surface area contributed by atoms with E-state index in [4.69, 9.17) is 9.97 Å². The minimum atomic E-state index is 0.387. The second kappa shape index (κ2) is 6.09. The molecule has 5 aromatic rings. The lowest BCUT2D eigenvalue weighted by molar-refractivity contribution is 0.799. The van der Waals surface area contributed by atoms with Crippen molar-refractivity contribution in [3.05, 3.63) is 72.6 Å². The van der Waals surface area contributed by atoms with E-state index in [1.165, 1.54) is 0 Å². The van der Waals surface area contributed by atoms with Crippen LogP contribution in [-0.4, -0.2) is 19.9 Å². The Kier molecular flexibility index (Phi) is 3.57. The number of imidazole rings is 2. The highest BCUT2D eigenvalue weighted by atomic mass is 14.9. The first-order valence-electron chi connectivity index (χ1n) is 9.22. The third-order valence-electron chi connectivity index (χ3n) is 4.91. The van der Waals surface area contributed by atoms with E-state index in [-0.39, 0.29) is 0 Å². The van der Waals surface area contributed by atoms with E-state index in [0.29, 0.717) is 5.92 Å². The normalized spacial score (nSPS) is 11.7. The van der Waals surface area contributed by atoms with Gasteiger partial charge < -0.3 is 9.97 Å². The maximum Gasteiger partial charge on any atom is 0.138 e. The molecule has 0 saturated carbocycles. The van der Waals surface area contributed by atoms with Gasteiger partial charge in [0.05, 0.1) is 22.1 Å². The molecule has 0 radical (unpaired) electrons. The van der Waals surface area contributed by atoms with Crippen LogP contribution < -0.4 is 0 Å². The van der Waals surface area contributed by atoms with Gasteiger partial charge in [-0.15, -0.1) is 0 Å². The van der Waals surface area contributed by atoms with E-state index in [2.05, 4.69) is 72.3 Å². The van der Waals surface area contributed by atoms with Crippen molar-refractivity contribution in [1.29, 1.82) is 0 Å². The van der Waals surface area contributed by atoms with Gasteiger partial charge in [0.1, 0.15) is 11.6 Å². The van der Waals surface area contributed by atoms with Crippen LogP contribution in [0.5, 0.6) is 0 Å². The molecular formula is C23H20N4.